The van der Waals surface area contributed by atoms with Gasteiger partial charge in [0.2, 0.25) is 0 Å². The van der Waals surface area contributed by atoms with Crippen LogP contribution in [0.5, 0.6) is 0 Å². The van der Waals surface area contributed by atoms with E-state index in [0.717, 1.165) is 24.8 Å². The molecule has 1 heterocycles. The standard InChI is InChI=1S/C18H21N3O4.C4H6/c1-3-20-21-10-14-12(11-7-8-11)5-4-6-13(14)17(23)16(21)18(24)19-9-15(22)25-2;1-3-4-2/h3-6,11,23H,7-10H2,1-2H3,(H,19,24);1H,4H2,2H3/b20-3-;. The van der Waals surface area contributed by atoms with Gasteiger partial charge in [-0.3, -0.25) is 14.6 Å². The van der Waals surface area contributed by atoms with Crippen LogP contribution in [-0.4, -0.2) is 41.9 Å². The van der Waals surface area contributed by atoms with Gasteiger partial charge in [0.25, 0.3) is 5.91 Å². The largest absolute Gasteiger partial charge is 0.505 e. The summed E-state index contributed by atoms with van der Waals surface area (Å²) in [6.45, 7) is 3.81. The molecule has 1 aromatic rings. The number of fused-ring (bicyclic) bond motifs is 1. The predicted octanol–water partition coefficient (Wildman–Crippen LogP) is 2.93. The number of aliphatic hydroxyl groups excluding tert-OH is 1. The molecule has 0 radical (unpaired) electrons. The van der Waals surface area contributed by atoms with E-state index in [1.807, 2.05) is 13.0 Å². The fourth-order valence-corrected chi connectivity index (χ4v) is 3.03. The van der Waals surface area contributed by atoms with Gasteiger partial charge in [0.15, 0.2) is 11.5 Å². The Morgan fingerprint density at radius 3 is 2.69 bits per heavy atom. The van der Waals surface area contributed by atoms with Crippen molar-refractivity contribution in [1.29, 1.82) is 0 Å². The number of hydrogen-bond donors (Lipinski definition) is 2. The average Bonchev–Trinajstić information content (AvgIpc) is 3.57. The molecule has 0 aromatic heterocycles. The highest BCUT2D eigenvalue weighted by Gasteiger charge is 2.34. The van der Waals surface area contributed by atoms with Crippen LogP contribution in [-0.2, 0) is 20.9 Å². The Morgan fingerprint density at radius 2 is 2.14 bits per heavy atom. The number of nitrogens with one attached hydrogen (secondary N) is 1. The molecular formula is C22H27N3O4. The summed E-state index contributed by atoms with van der Waals surface area (Å²) in [6.07, 6.45) is 9.47. The minimum atomic E-state index is -0.573. The van der Waals surface area contributed by atoms with Crippen molar-refractivity contribution in [3.63, 3.8) is 0 Å². The third kappa shape index (κ3) is 5.38. The second-order valence-electron chi connectivity index (χ2n) is 6.59. The lowest BCUT2D eigenvalue weighted by Gasteiger charge is -2.29. The van der Waals surface area contributed by atoms with Gasteiger partial charge in [0.05, 0.1) is 13.7 Å². The first-order valence-electron chi connectivity index (χ1n) is 9.58. The number of terminal acetylenes is 1. The maximum atomic E-state index is 12.5. The summed E-state index contributed by atoms with van der Waals surface area (Å²) in [5.41, 5.74) is 2.88. The Balaban J connectivity index is 0.000000687. The van der Waals surface area contributed by atoms with Gasteiger partial charge >= 0.3 is 5.97 Å². The van der Waals surface area contributed by atoms with Gasteiger partial charge in [0.1, 0.15) is 6.54 Å². The number of ether oxygens (including phenoxy) is 1. The number of hydrogen-bond acceptors (Lipinski definition) is 6. The summed E-state index contributed by atoms with van der Waals surface area (Å²) in [6, 6.07) is 5.77. The SMILES string of the molecule is C#CCC.C/C=N\N1Cc2c(cccc2C2CC2)C(O)=C1C(=O)NCC(=O)OC. The highest BCUT2D eigenvalue weighted by atomic mass is 16.5. The monoisotopic (exact) mass is 397 g/mol. The van der Waals surface area contributed by atoms with Crippen molar-refractivity contribution in [3.05, 3.63) is 40.6 Å². The van der Waals surface area contributed by atoms with E-state index in [9.17, 15) is 14.7 Å². The molecule has 0 bridgehead atoms. The van der Waals surface area contributed by atoms with E-state index in [-0.39, 0.29) is 18.0 Å². The second-order valence-corrected chi connectivity index (χ2v) is 6.59. The first kappa shape index (κ1) is 22.0. The third-order valence-electron chi connectivity index (χ3n) is 4.57. The number of carbonyl (C=O) groups excluding carboxylic acids is 2. The lowest BCUT2D eigenvalue weighted by Crippen LogP contribution is -2.38. The van der Waals surface area contributed by atoms with Gasteiger partial charge in [-0.1, -0.05) is 25.1 Å². The number of methoxy groups -OCH3 is 1. The lowest BCUT2D eigenvalue weighted by atomic mass is 9.93. The second kappa shape index (κ2) is 10.3. The molecule has 0 saturated heterocycles. The van der Waals surface area contributed by atoms with Crippen LogP contribution in [0.4, 0.5) is 0 Å². The Morgan fingerprint density at radius 1 is 1.45 bits per heavy atom. The molecule has 154 valence electrons. The predicted molar refractivity (Wildman–Crippen MR) is 112 cm³/mol. The highest BCUT2D eigenvalue weighted by molar-refractivity contribution is 6.01. The van der Waals surface area contributed by atoms with Crippen molar-refractivity contribution < 1.29 is 19.4 Å². The molecular weight excluding hydrogens is 370 g/mol. The molecule has 29 heavy (non-hydrogen) atoms. The first-order chi connectivity index (χ1) is 14.0. The summed E-state index contributed by atoms with van der Waals surface area (Å²) >= 11 is 0. The normalized spacial score (nSPS) is 15.2. The molecule has 1 saturated carbocycles. The summed E-state index contributed by atoms with van der Waals surface area (Å²) in [5, 5.41) is 18.9. The molecule has 7 nitrogen and oxygen atoms in total. The Labute approximate surface area is 171 Å². The van der Waals surface area contributed by atoms with Gasteiger partial charge < -0.3 is 15.2 Å². The van der Waals surface area contributed by atoms with Crippen LogP contribution in [0.25, 0.3) is 5.76 Å². The molecule has 1 aliphatic carbocycles. The van der Waals surface area contributed by atoms with Crippen molar-refractivity contribution in [2.24, 2.45) is 5.10 Å². The van der Waals surface area contributed by atoms with Crippen LogP contribution in [0.15, 0.2) is 29.0 Å². The maximum absolute atomic E-state index is 12.5. The topological polar surface area (TPSA) is 91.2 Å². The van der Waals surface area contributed by atoms with Crippen LogP contribution in [0.1, 0.15) is 55.7 Å². The molecule has 0 atom stereocenters. The van der Waals surface area contributed by atoms with E-state index in [1.165, 1.54) is 17.7 Å². The molecule has 1 fully saturated rings. The van der Waals surface area contributed by atoms with Crippen LogP contribution in [0.3, 0.4) is 0 Å². The molecule has 7 heteroatoms. The summed E-state index contributed by atoms with van der Waals surface area (Å²) in [7, 11) is 1.25. The number of carbonyl (C=O) groups is 2. The van der Waals surface area contributed by atoms with Crippen molar-refractivity contribution in [3.8, 4) is 12.3 Å². The number of esters is 1. The number of benzene rings is 1. The first-order valence-corrected chi connectivity index (χ1v) is 9.58. The molecule has 2 N–H and O–H groups in total. The molecule has 1 aromatic carbocycles. The average molecular weight is 397 g/mol. The van der Waals surface area contributed by atoms with Gasteiger partial charge in [-0.05, 0) is 36.8 Å². The molecule has 2 aliphatic rings. The van der Waals surface area contributed by atoms with E-state index in [0.29, 0.717) is 18.0 Å². The smallest absolute Gasteiger partial charge is 0.325 e. The quantitative estimate of drug-likeness (QED) is 0.453. The summed E-state index contributed by atoms with van der Waals surface area (Å²) in [5.74, 6) is 1.68. The van der Waals surface area contributed by atoms with Gasteiger partial charge in [-0.25, -0.2) is 0 Å². The van der Waals surface area contributed by atoms with E-state index in [1.54, 1.807) is 19.2 Å². The highest BCUT2D eigenvalue weighted by Crippen LogP contribution is 2.45. The van der Waals surface area contributed by atoms with Crippen molar-refractivity contribution in [2.75, 3.05) is 13.7 Å². The van der Waals surface area contributed by atoms with Gasteiger partial charge in [0, 0.05) is 18.2 Å². The summed E-state index contributed by atoms with van der Waals surface area (Å²) in [4.78, 5) is 23.8. The van der Waals surface area contributed by atoms with Crippen LogP contribution >= 0.6 is 0 Å². The third-order valence-corrected chi connectivity index (χ3v) is 4.57. The number of amides is 1. The van der Waals surface area contributed by atoms with Crippen molar-refractivity contribution in [1.82, 2.24) is 10.3 Å². The zero-order chi connectivity index (χ0) is 21.4. The zero-order valence-electron chi connectivity index (χ0n) is 17.1. The minimum Gasteiger partial charge on any atom is -0.505 e. The molecule has 1 aliphatic heterocycles. The van der Waals surface area contributed by atoms with E-state index in [4.69, 9.17) is 6.42 Å². The molecule has 0 spiro atoms. The Kier molecular flexibility index (Phi) is 7.84. The fraction of sp³-hybridized carbons (Fsp3) is 0.409. The number of nitrogens with zero attached hydrogens (tertiary/aromatic N) is 2. The molecule has 3 rings (SSSR count). The van der Waals surface area contributed by atoms with E-state index in [2.05, 4.69) is 27.1 Å². The molecule has 1 amide bonds. The van der Waals surface area contributed by atoms with Crippen molar-refractivity contribution >= 4 is 23.9 Å². The zero-order valence-corrected chi connectivity index (χ0v) is 17.1. The summed E-state index contributed by atoms with van der Waals surface area (Å²) < 4.78 is 4.52. The Hall–Kier alpha value is -3.27. The van der Waals surface area contributed by atoms with Crippen LogP contribution < -0.4 is 5.32 Å². The van der Waals surface area contributed by atoms with Gasteiger partial charge in [-0.2, -0.15) is 5.10 Å². The van der Waals surface area contributed by atoms with E-state index >= 15 is 0 Å². The van der Waals surface area contributed by atoms with E-state index < -0.39 is 11.9 Å². The van der Waals surface area contributed by atoms with Crippen molar-refractivity contribution in [2.45, 2.75) is 45.6 Å². The Bertz CT molecular complexity index is 863. The number of aliphatic hydroxyl groups is 1. The van der Waals surface area contributed by atoms with Gasteiger partial charge in [-0.15, -0.1) is 12.3 Å². The number of rotatable bonds is 5. The lowest BCUT2D eigenvalue weighted by molar-refractivity contribution is -0.140. The fourth-order valence-electron chi connectivity index (χ4n) is 3.03. The number of hydrazone groups is 1. The maximum Gasteiger partial charge on any atom is 0.325 e. The molecule has 0 unspecified atom stereocenters. The minimum absolute atomic E-state index is 0.0300. The van der Waals surface area contributed by atoms with Crippen LogP contribution in [0.2, 0.25) is 0 Å². The van der Waals surface area contributed by atoms with Crippen LogP contribution in [0, 0.1) is 12.3 Å².